The van der Waals surface area contributed by atoms with Crippen LogP contribution in [0.1, 0.15) is 0 Å². The Hall–Kier alpha value is -1.23. The zero-order chi connectivity index (χ0) is 5.82. The molecular weight excluding hydrogens is 106 g/mol. The molecule has 0 amide bonds. The van der Waals surface area contributed by atoms with E-state index in [-0.39, 0.29) is 0 Å². The van der Waals surface area contributed by atoms with Crippen molar-refractivity contribution in [2.75, 3.05) is 0 Å². The highest BCUT2D eigenvalue weighted by Gasteiger charge is 1.85. The zero-order valence-corrected chi connectivity index (χ0v) is 4.02. The largest absolute Gasteiger partial charge is 0.225 e. The third kappa shape index (κ3) is 0.881. The fourth-order valence-corrected chi connectivity index (χ4v) is 0.304. The number of rotatable bonds is 1. The molecular formula is C3H4N5. The smallest absolute Gasteiger partial charge is 0.191 e. The van der Waals surface area contributed by atoms with E-state index in [9.17, 15) is 0 Å². The first-order chi connectivity index (χ1) is 3.93. The van der Waals surface area contributed by atoms with E-state index in [2.05, 4.69) is 20.8 Å². The highest BCUT2D eigenvalue weighted by Crippen LogP contribution is 1.90. The number of nitrogens with two attached hydrogens (primary N) is 1. The van der Waals surface area contributed by atoms with Gasteiger partial charge in [0.2, 0.25) is 0 Å². The van der Waals surface area contributed by atoms with Crippen molar-refractivity contribution in [2.45, 2.75) is 0 Å². The molecule has 0 saturated carbocycles. The van der Waals surface area contributed by atoms with Crippen LogP contribution in [0.25, 0.3) is 0 Å². The van der Waals surface area contributed by atoms with Crippen LogP contribution < -0.4 is 11.3 Å². The quantitative estimate of drug-likeness (QED) is 0.370. The predicted molar refractivity (Wildman–Crippen MR) is 25.8 cm³/mol. The van der Waals surface area contributed by atoms with E-state index in [0.29, 0.717) is 5.82 Å². The van der Waals surface area contributed by atoms with Crippen LogP contribution in [-0.2, 0) is 0 Å². The monoisotopic (exact) mass is 110 g/mol. The van der Waals surface area contributed by atoms with Crippen LogP contribution in [0.15, 0.2) is 12.3 Å². The standard InChI is InChI=1S/C3H4N5/c4-6-3-1-2-5-8-7-3/h1-2H,4H2. The van der Waals surface area contributed by atoms with Gasteiger partial charge in [-0.2, -0.15) is 5.43 Å². The number of hydrogen-bond acceptors (Lipinski definition) is 4. The van der Waals surface area contributed by atoms with Crippen LogP contribution >= 0.6 is 0 Å². The Balaban J connectivity index is 2.83. The molecule has 5 nitrogen and oxygen atoms in total. The lowest BCUT2D eigenvalue weighted by atomic mass is 10.6. The van der Waals surface area contributed by atoms with Gasteiger partial charge in [0.05, 0.1) is 6.20 Å². The Bertz CT molecular complexity index is 149. The molecule has 41 valence electrons. The third-order valence-electron chi connectivity index (χ3n) is 0.621. The van der Waals surface area contributed by atoms with Crippen LogP contribution in [0.4, 0.5) is 5.82 Å². The molecule has 1 heterocycles. The summed E-state index contributed by atoms with van der Waals surface area (Å²) in [6.45, 7) is 0. The van der Waals surface area contributed by atoms with Gasteiger partial charge in [-0.05, 0) is 5.21 Å². The first kappa shape index (κ1) is 4.92. The molecule has 1 rings (SSSR count). The number of hydrogen-bond donors (Lipinski definition) is 1. The summed E-state index contributed by atoms with van der Waals surface area (Å²) >= 11 is 0. The number of nitrogens with zero attached hydrogens (tertiary/aromatic N) is 4. The Kier molecular flexibility index (Phi) is 1.34. The first-order valence-electron chi connectivity index (χ1n) is 1.99. The molecule has 0 aliphatic heterocycles. The Morgan fingerprint density at radius 1 is 1.62 bits per heavy atom. The molecule has 0 bridgehead atoms. The molecule has 1 aromatic rings. The van der Waals surface area contributed by atoms with Crippen LogP contribution in [0.2, 0.25) is 0 Å². The molecule has 0 spiro atoms. The lowest BCUT2D eigenvalue weighted by Gasteiger charge is -1.86. The maximum absolute atomic E-state index is 4.84. The summed E-state index contributed by atoms with van der Waals surface area (Å²) in [4.78, 5) is 0. The van der Waals surface area contributed by atoms with Gasteiger partial charge in [0.25, 0.3) is 0 Å². The van der Waals surface area contributed by atoms with Gasteiger partial charge in [0.1, 0.15) is 0 Å². The maximum Gasteiger partial charge on any atom is 0.191 e. The summed E-state index contributed by atoms with van der Waals surface area (Å²) in [6.07, 6.45) is 1.47. The summed E-state index contributed by atoms with van der Waals surface area (Å²) in [6, 6.07) is 1.56. The van der Waals surface area contributed by atoms with E-state index < -0.39 is 0 Å². The molecule has 0 fully saturated rings. The van der Waals surface area contributed by atoms with E-state index in [1.165, 1.54) is 6.20 Å². The second kappa shape index (κ2) is 2.17. The maximum atomic E-state index is 4.84. The van der Waals surface area contributed by atoms with Crippen molar-refractivity contribution in [3.05, 3.63) is 12.3 Å². The summed E-state index contributed by atoms with van der Waals surface area (Å²) < 4.78 is 0. The van der Waals surface area contributed by atoms with Crippen LogP contribution in [0.5, 0.6) is 0 Å². The van der Waals surface area contributed by atoms with Gasteiger partial charge >= 0.3 is 0 Å². The minimum atomic E-state index is 0.389. The molecule has 0 atom stereocenters. The van der Waals surface area contributed by atoms with Crippen LogP contribution in [-0.4, -0.2) is 15.4 Å². The summed E-state index contributed by atoms with van der Waals surface area (Å²) in [7, 11) is 0. The Morgan fingerprint density at radius 2 is 2.50 bits per heavy atom. The topological polar surface area (TPSA) is 78.8 Å². The fraction of sp³-hybridized carbons (Fsp3) is 0. The molecule has 0 aliphatic carbocycles. The average molecular weight is 110 g/mol. The molecule has 0 aromatic carbocycles. The van der Waals surface area contributed by atoms with Crippen molar-refractivity contribution in [1.29, 1.82) is 0 Å². The van der Waals surface area contributed by atoms with Gasteiger partial charge < -0.3 is 0 Å². The minimum absolute atomic E-state index is 0.389. The molecule has 0 aliphatic rings. The second-order valence-electron chi connectivity index (χ2n) is 1.11. The average Bonchev–Trinajstić information content (AvgIpc) is 1.90. The van der Waals surface area contributed by atoms with Gasteiger partial charge in [-0.25, -0.2) is 5.84 Å². The van der Waals surface area contributed by atoms with E-state index in [1.807, 2.05) is 0 Å². The molecule has 5 heteroatoms. The van der Waals surface area contributed by atoms with Gasteiger partial charge in [-0.3, -0.25) is 0 Å². The van der Waals surface area contributed by atoms with Crippen LogP contribution in [0, 0.1) is 0 Å². The van der Waals surface area contributed by atoms with E-state index >= 15 is 0 Å². The van der Waals surface area contributed by atoms with Crippen molar-refractivity contribution >= 4 is 5.82 Å². The van der Waals surface area contributed by atoms with E-state index in [4.69, 9.17) is 5.84 Å². The summed E-state index contributed by atoms with van der Waals surface area (Å²) in [5.74, 6) is 5.23. The fourth-order valence-electron chi connectivity index (χ4n) is 0.304. The van der Waals surface area contributed by atoms with Crippen molar-refractivity contribution in [1.82, 2.24) is 20.8 Å². The highest BCUT2D eigenvalue weighted by molar-refractivity contribution is 5.17. The van der Waals surface area contributed by atoms with Gasteiger partial charge in [0, 0.05) is 6.07 Å². The lowest BCUT2D eigenvalue weighted by molar-refractivity contribution is 0.805. The van der Waals surface area contributed by atoms with E-state index in [1.54, 1.807) is 6.07 Å². The molecule has 2 N–H and O–H groups in total. The summed E-state index contributed by atoms with van der Waals surface area (Å²) in [5, 5.41) is 10.1. The van der Waals surface area contributed by atoms with Crippen molar-refractivity contribution in [3.8, 4) is 0 Å². The highest BCUT2D eigenvalue weighted by atomic mass is 15.4. The van der Waals surface area contributed by atoms with Gasteiger partial charge in [-0.15, -0.1) is 10.2 Å². The van der Waals surface area contributed by atoms with Gasteiger partial charge in [-0.1, -0.05) is 0 Å². The molecule has 1 radical (unpaired) electrons. The predicted octanol–water partition coefficient (Wildman–Crippen LogP) is -1.02. The third-order valence-corrected chi connectivity index (χ3v) is 0.621. The minimum Gasteiger partial charge on any atom is -0.225 e. The van der Waals surface area contributed by atoms with Crippen molar-refractivity contribution in [3.63, 3.8) is 0 Å². The normalized spacial score (nSPS) is 8.62. The van der Waals surface area contributed by atoms with Gasteiger partial charge in [0.15, 0.2) is 5.82 Å². The molecule has 1 aromatic heterocycles. The Labute approximate surface area is 45.9 Å². The van der Waals surface area contributed by atoms with Crippen molar-refractivity contribution < 1.29 is 0 Å². The van der Waals surface area contributed by atoms with E-state index in [0.717, 1.165) is 0 Å². The Morgan fingerprint density at radius 3 is 2.88 bits per heavy atom. The lowest BCUT2D eigenvalue weighted by Crippen LogP contribution is -2.07. The molecule has 8 heavy (non-hydrogen) atoms. The SMILES string of the molecule is N[N]c1ccnnn1. The number of aromatic nitrogens is 3. The zero-order valence-electron chi connectivity index (χ0n) is 4.02. The molecule has 0 unspecified atom stereocenters. The van der Waals surface area contributed by atoms with Crippen molar-refractivity contribution in [2.24, 2.45) is 5.84 Å². The molecule has 0 saturated heterocycles. The second-order valence-corrected chi connectivity index (χ2v) is 1.11. The first-order valence-corrected chi connectivity index (χ1v) is 1.99. The van der Waals surface area contributed by atoms with Crippen LogP contribution in [0.3, 0.4) is 0 Å². The summed E-state index contributed by atoms with van der Waals surface area (Å²) in [5.41, 5.74) is 3.26.